The number of carbonyl (C=O) groups excluding carboxylic acids is 2. The summed E-state index contributed by atoms with van der Waals surface area (Å²) in [4.78, 5) is 27.7. The molecule has 2 amide bonds. The summed E-state index contributed by atoms with van der Waals surface area (Å²) in [7, 11) is 0. The average molecular weight is 290 g/mol. The summed E-state index contributed by atoms with van der Waals surface area (Å²) in [6.07, 6.45) is 1.62. The van der Waals surface area contributed by atoms with E-state index >= 15 is 0 Å². The molecule has 114 valence electrons. The Balaban J connectivity index is 2.07. The van der Waals surface area contributed by atoms with Crippen LogP contribution in [0.4, 0.5) is 0 Å². The fraction of sp³-hybridized carbons (Fsp3) is 0.500. The van der Waals surface area contributed by atoms with Gasteiger partial charge < -0.3 is 14.9 Å². The molecule has 1 N–H and O–H groups in total. The summed E-state index contributed by atoms with van der Waals surface area (Å²) in [5, 5.41) is 9.30. The molecule has 5 heteroatoms. The third-order valence-electron chi connectivity index (χ3n) is 3.95. The summed E-state index contributed by atoms with van der Waals surface area (Å²) in [6.45, 7) is 5.22. The van der Waals surface area contributed by atoms with E-state index in [1.807, 2.05) is 19.1 Å². The Morgan fingerprint density at radius 2 is 2.00 bits per heavy atom. The highest BCUT2D eigenvalue weighted by Gasteiger charge is 2.34. The third-order valence-corrected chi connectivity index (χ3v) is 3.95. The number of aromatic hydroxyl groups is 1. The average Bonchev–Trinajstić information content (AvgIpc) is 2.95. The normalized spacial score (nSPS) is 17.8. The molecule has 1 atom stereocenters. The Bertz CT molecular complexity index is 513. The van der Waals surface area contributed by atoms with Crippen molar-refractivity contribution in [3.8, 4) is 5.75 Å². The first-order chi connectivity index (χ1) is 10.0. The van der Waals surface area contributed by atoms with Crippen LogP contribution in [-0.4, -0.2) is 45.9 Å². The van der Waals surface area contributed by atoms with Gasteiger partial charge in [0.1, 0.15) is 11.8 Å². The Hall–Kier alpha value is -2.04. The predicted molar refractivity (Wildman–Crippen MR) is 79.6 cm³/mol. The number of likely N-dealkylation sites (tertiary alicyclic amines) is 1. The Kier molecular flexibility index (Phi) is 4.83. The second-order valence-corrected chi connectivity index (χ2v) is 5.39. The van der Waals surface area contributed by atoms with Gasteiger partial charge in [0.25, 0.3) is 0 Å². The minimum Gasteiger partial charge on any atom is -0.508 e. The minimum atomic E-state index is -0.320. The van der Waals surface area contributed by atoms with E-state index in [4.69, 9.17) is 0 Å². The summed E-state index contributed by atoms with van der Waals surface area (Å²) in [5.41, 5.74) is 0.968. The molecular formula is C16H22N2O3. The standard InChI is InChI=1S/C16H22N2O3/c1-3-17(11-13-6-8-14(20)9-7-13)16(21)15-5-4-10-18(15)12(2)19/h6-9,15,20H,3-5,10-11H2,1-2H3/t15-/m1/s1. The van der Waals surface area contributed by atoms with Gasteiger partial charge in [-0.25, -0.2) is 0 Å². The topological polar surface area (TPSA) is 60.9 Å². The van der Waals surface area contributed by atoms with Crippen molar-refractivity contribution in [1.29, 1.82) is 0 Å². The zero-order chi connectivity index (χ0) is 15.4. The number of benzene rings is 1. The summed E-state index contributed by atoms with van der Waals surface area (Å²) in [6, 6.07) is 6.53. The molecule has 0 saturated carbocycles. The van der Waals surface area contributed by atoms with E-state index in [1.165, 1.54) is 6.92 Å². The zero-order valence-corrected chi connectivity index (χ0v) is 12.6. The molecule has 1 heterocycles. The van der Waals surface area contributed by atoms with Gasteiger partial charge >= 0.3 is 0 Å². The number of amides is 2. The number of hydrogen-bond acceptors (Lipinski definition) is 3. The van der Waals surface area contributed by atoms with Crippen LogP contribution < -0.4 is 0 Å². The predicted octanol–water partition coefficient (Wildman–Crippen LogP) is 1.75. The van der Waals surface area contributed by atoms with E-state index in [0.29, 0.717) is 19.6 Å². The molecule has 1 saturated heterocycles. The van der Waals surface area contributed by atoms with Crippen LogP contribution in [0.3, 0.4) is 0 Å². The first kappa shape index (κ1) is 15.4. The van der Waals surface area contributed by atoms with Crippen LogP contribution in [0, 0.1) is 0 Å². The van der Waals surface area contributed by atoms with Crippen LogP contribution in [0.2, 0.25) is 0 Å². The number of phenols is 1. The second-order valence-electron chi connectivity index (χ2n) is 5.39. The zero-order valence-electron chi connectivity index (χ0n) is 12.6. The first-order valence-corrected chi connectivity index (χ1v) is 7.36. The van der Waals surface area contributed by atoms with Gasteiger partial charge in [-0.15, -0.1) is 0 Å². The summed E-state index contributed by atoms with van der Waals surface area (Å²) < 4.78 is 0. The lowest BCUT2D eigenvalue weighted by Crippen LogP contribution is -2.46. The van der Waals surface area contributed by atoms with Crippen LogP contribution >= 0.6 is 0 Å². The molecule has 1 aliphatic rings. The molecule has 1 fully saturated rings. The van der Waals surface area contributed by atoms with E-state index in [-0.39, 0.29) is 23.6 Å². The van der Waals surface area contributed by atoms with Crippen LogP contribution in [-0.2, 0) is 16.1 Å². The van der Waals surface area contributed by atoms with Gasteiger partial charge in [0.05, 0.1) is 0 Å². The number of rotatable bonds is 4. The number of phenolic OH excluding ortho intramolecular Hbond substituents is 1. The van der Waals surface area contributed by atoms with Crippen molar-refractivity contribution in [2.75, 3.05) is 13.1 Å². The van der Waals surface area contributed by atoms with Gasteiger partial charge in [0.15, 0.2) is 0 Å². The van der Waals surface area contributed by atoms with Gasteiger partial charge in [-0.3, -0.25) is 9.59 Å². The monoisotopic (exact) mass is 290 g/mol. The summed E-state index contributed by atoms with van der Waals surface area (Å²) >= 11 is 0. The van der Waals surface area contributed by atoms with Crippen molar-refractivity contribution in [1.82, 2.24) is 9.80 Å². The fourth-order valence-corrected chi connectivity index (χ4v) is 2.78. The molecule has 1 aliphatic heterocycles. The highest BCUT2D eigenvalue weighted by Crippen LogP contribution is 2.21. The van der Waals surface area contributed by atoms with Crippen molar-refractivity contribution < 1.29 is 14.7 Å². The Morgan fingerprint density at radius 1 is 1.33 bits per heavy atom. The van der Waals surface area contributed by atoms with Gasteiger partial charge in [-0.05, 0) is 37.5 Å². The smallest absolute Gasteiger partial charge is 0.245 e. The molecule has 0 unspecified atom stereocenters. The van der Waals surface area contributed by atoms with E-state index in [9.17, 15) is 14.7 Å². The highest BCUT2D eigenvalue weighted by molar-refractivity contribution is 5.87. The first-order valence-electron chi connectivity index (χ1n) is 7.36. The second kappa shape index (κ2) is 6.61. The molecule has 1 aromatic carbocycles. The van der Waals surface area contributed by atoms with E-state index in [2.05, 4.69) is 0 Å². The van der Waals surface area contributed by atoms with Gasteiger partial charge in [0.2, 0.25) is 11.8 Å². The Morgan fingerprint density at radius 3 is 2.57 bits per heavy atom. The number of likely N-dealkylation sites (N-methyl/N-ethyl adjacent to an activating group) is 1. The lowest BCUT2D eigenvalue weighted by molar-refractivity contribution is -0.143. The highest BCUT2D eigenvalue weighted by atomic mass is 16.3. The number of carbonyl (C=O) groups is 2. The number of nitrogens with zero attached hydrogens (tertiary/aromatic N) is 2. The van der Waals surface area contributed by atoms with Crippen LogP contribution in [0.1, 0.15) is 32.3 Å². The van der Waals surface area contributed by atoms with Crippen molar-refractivity contribution in [2.45, 2.75) is 39.3 Å². The molecule has 21 heavy (non-hydrogen) atoms. The molecule has 0 spiro atoms. The van der Waals surface area contributed by atoms with Crippen molar-refractivity contribution in [2.24, 2.45) is 0 Å². The minimum absolute atomic E-state index is 0.0123. The Labute approximate surface area is 125 Å². The molecule has 0 aromatic heterocycles. The molecule has 5 nitrogen and oxygen atoms in total. The quantitative estimate of drug-likeness (QED) is 0.919. The fourth-order valence-electron chi connectivity index (χ4n) is 2.78. The molecule has 0 bridgehead atoms. The largest absolute Gasteiger partial charge is 0.508 e. The SMILES string of the molecule is CCN(Cc1ccc(O)cc1)C(=O)[C@H]1CCCN1C(C)=O. The lowest BCUT2D eigenvalue weighted by atomic mass is 10.1. The molecule has 0 radical (unpaired) electrons. The maximum absolute atomic E-state index is 12.6. The third kappa shape index (κ3) is 3.54. The maximum Gasteiger partial charge on any atom is 0.245 e. The summed E-state index contributed by atoms with van der Waals surface area (Å²) in [5.74, 6) is 0.191. The van der Waals surface area contributed by atoms with Crippen molar-refractivity contribution >= 4 is 11.8 Å². The van der Waals surface area contributed by atoms with Gasteiger partial charge in [-0.1, -0.05) is 12.1 Å². The molecule has 0 aliphatic carbocycles. The molecule has 1 aromatic rings. The van der Waals surface area contributed by atoms with Gasteiger partial charge in [-0.2, -0.15) is 0 Å². The van der Waals surface area contributed by atoms with Crippen LogP contribution in [0.5, 0.6) is 5.75 Å². The number of hydrogen-bond donors (Lipinski definition) is 1. The lowest BCUT2D eigenvalue weighted by Gasteiger charge is -2.29. The molecular weight excluding hydrogens is 268 g/mol. The van der Waals surface area contributed by atoms with Gasteiger partial charge in [0, 0.05) is 26.6 Å². The maximum atomic E-state index is 12.6. The van der Waals surface area contributed by atoms with Crippen LogP contribution in [0.25, 0.3) is 0 Å². The van der Waals surface area contributed by atoms with Crippen molar-refractivity contribution in [3.63, 3.8) is 0 Å². The molecule has 2 rings (SSSR count). The van der Waals surface area contributed by atoms with E-state index < -0.39 is 0 Å². The van der Waals surface area contributed by atoms with E-state index in [1.54, 1.807) is 21.9 Å². The van der Waals surface area contributed by atoms with Crippen LogP contribution in [0.15, 0.2) is 24.3 Å². The van der Waals surface area contributed by atoms with Crippen molar-refractivity contribution in [3.05, 3.63) is 29.8 Å². The van der Waals surface area contributed by atoms with E-state index in [0.717, 1.165) is 18.4 Å².